The molecule has 0 unspecified atom stereocenters. The van der Waals surface area contributed by atoms with Gasteiger partial charge in [-0.2, -0.15) is 0 Å². The van der Waals surface area contributed by atoms with Crippen molar-refractivity contribution in [3.05, 3.63) is 60.2 Å². The first-order valence-corrected chi connectivity index (χ1v) is 7.84. The molecule has 2 aromatic rings. The first-order valence-electron chi connectivity index (χ1n) is 7.84. The number of aliphatic carboxylic acids is 2. The topological polar surface area (TPSA) is 104 Å². The smallest absolute Gasteiger partial charge is 0.326 e. The van der Waals surface area contributed by atoms with Gasteiger partial charge in [0.2, 0.25) is 5.91 Å². The minimum Gasteiger partial charge on any atom is -0.481 e. The molecule has 0 heterocycles. The maximum absolute atomic E-state index is 11.7. The fourth-order valence-corrected chi connectivity index (χ4v) is 2.39. The number of carboxylic acid groups (broad SMARTS) is 2. The maximum Gasteiger partial charge on any atom is 0.326 e. The van der Waals surface area contributed by atoms with E-state index in [-0.39, 0.29) is 19.3 Å². The van der Waals surface area contributed by atoms with Crippen LogP contribution in [0.25, 0.3) is 11.1 Å². The van der Waals surface area contributed by atoms with E-state index in [9.17, 15) is 19.5 Å². The molecule has 0 spiro atoms. The summed E-state index contributed by atoms with van der Waals surface area (Å²) >= 11 is 0. The average Bonchev–Trinajstić information content (AvgIpc) is 2.60. The van der Waals surface area contributed by atoms with Crippen LogP contribution in [0.4, 0.5) is 0 Å². The lowest BCUT2D eigenvalue weighted by atomic mass is 10.0. The number of benzene rings is 2. The van der Waals surface area contributed by atoms with E-state index in [1.807, 2.05) is 54.6 Å². The first kappa shape index (κ1) is 18.2. The van der Waals surface area contributed by atoms with Crippen molar-refractivity contribution in [3.63, 3.8) is 0 Å². The van der Waals surface area contributed by atoms with Crippen molar-refractivity contribution < 1.29 is 24.6 Å². The highest BCUT2D eigenvalue weighted by atomic mass is 16.4. The number of amides is 1. The molecule has 2 rings (SSSR count). The summed E-state index contributed by atoms with van der Waals surface area (Å²) in [6.07, 6.45) is -0.445. The Hall–Kier alpha value is -3.15. The van der Waals surface area contributed by atoms with Crippen molar-refractivity contribution in [2.45, 2.75) is 25.3 Å². The molecule has 6 nitrogen and oxygen atoms in total. The van der Waals surface area contributed by atoms with Crippen LogP contribution in [-0.4, -0.2) is 34.1 Å². The van der Waals surface area contributed by atoms with Gasteiger partial charge in [0.15, 0.2) is 0 Å². The molecule has 6 heteroatoms. The molecule has 0 aliphatic carbocycles. The normalized spacial score (nSPS) is 11.5. The Morgan fingerprint density at radius 3 is 2.00 bits per heavy atom. The molecule has 130 valence electrons. The Morgan fingerprint density at radius 2 is 1.44 bits per heavy atom. The Kier molecular flexibility index (Phi) is 6.28. The third-order valence-electron chi connectivity index (χ3n) is 3.70. The monoisotopic (exact) mass is 341 g/mol. The van der Waals surface area contributed by atoms with Crippen molar-refractivity contribution in [3.8, 4) is 11.1 Å². The highest BCUT2D eigenvalue weighted by molar-refractivity contribution is 5.85. The van der Waals surface area contributed by atoms with Crippen LogP contribution in [0.15, 0.2) is 54.6 Å². The molecular weight excluding hydrogens is 322 g/mol. The lowest BCUT2D eigenvalue weighted by molar-refractivity contribution is -0.142. The van der Waals surface area contributed by atoms with Crippen LogP contribution in [-0.2, 0) is 20.8 Å². The number of carboxylic acids is 2. The van der Waals surface area contributed by atoms with Crippen LogP contribution < -0.4 is 5.32 Å². The largest absolute Gasteiger partial charge is 0.481 e. The van der Waals surface area contributed by atoms with Gasteiger partial charge in [0.25, 0.3) is 0 Å². The second-order valence-corrected chi connectivity index (χ2v) is 5.62. The van der Waals surface area contributed by atoms with E-state index in [1.165, 1.54) is 0 Å². The Bertz CT molecular complexity index is 740. The summed E-state index contributed by atoms with van der Waals surface area (Å²) in [6, 6.07) is 16.1. The van der Waals surface area contributed by atoms with Crippen molar-refractivity contribution in [1.29, 1.82) is 0 Å². The van der Waals surface area contributed by atoms with Gasteiger partial charge in [0.05, 0.1) is 6.42 Å². The van der Waals surface area contributed by atoms with E-state index >= 15 is 0 Å². The number of carbonyl (C=O) groups excluding carboxylic acids is 1. The summed E-state index contributed by atoms with van der Waals surface area (Å²) < 4.78 is 0. The van der Waals surface area contributed by atoms with E-state index in [2.05, 4.69) is 5.32 Å². The lowest BCUT2D eigenvalue weighted by Gasteiger charge is -2.14. The molecule has 3 N–H and O–H groups in total. The standard InChI is InChI=1S/C19H19NO5/c21-17(10-11-18(22)23)20-16(19(24)25)12-13-6-8-15(9-7-13)14-4-2-1-3-5-14/h1-9,16H,10-12H2,(H,20,21)(H,22,23)(H,24,25)/t16-/m0/s1. The average molecular weight is 341 g/mol. The van der Waals surface area contributed by atoms with E-state index in [1.54, 1.807) is 0 Å². The number of carbonyl (C=O) groups is 3. The van der Waals surface area contributed by atoms with Gasteiger partial charge < -0.3 is 15.5 Å². The second kappa shape index (κ2) is 8.63. The molecule has 25 heavy (non-hydrogen) atoms. The van der Waals surface area contributed by atoms with E-state index < -0.39 is 23.9 Å². The van der Waals surface area contributed by atoms with Gasteiger partial charge in [-0.25, -0.2) is 4.79 Å². The molecule has 1 amide bonds. The fourth-order valence-electron chi connectivity index (χ4n) is 2.39. The van der Waals surface area contributed by atoms with Crippen LogP contribution >= 0.6 is 0 Å². The summed E-state index contributed by atoms with van der Waals surface area (Å²) in [5, 5.41) is 20.2. The zero-order chi connectivity index (χ0) is 18.2. The van der Waals surface area contributed by atoms with Crippen molar-refractivity contribution in [1.82, 2.24) is 5.32 Å². The summed E-state index contributed by atoms with van der Waals surface area (Å²) in [4.78, 5) is 33.5. The maximum atomic E-state index is 11.7. The molecule has 0 aliphatic heterocycles. The fraction of sp³-hybridized carbons (Fsp3) is 0.211. The third kappa shape index (κ3) is 5.76. The number of hydrogen-bond donors (Lipinski definition) is 3. The molecule has 0 fully saturated rings. The second-order valence-electron chi connectivity index (χ2n) is 5.62. The van der Waals surface area contributed by atoms with Crippen LogP contribution in [0.2, 0.25) is 0 Å². The van der Waals surface area contributed by atoms with Crippen LogP contribution in [0, 0.1) is 0 Å². The van der Waals surface area contributed by atoms with Gasteiger partial charge in [-0.05, 0) is 16.7 Å². The predicted molar refractivity (Wildman–Crippen MR) is 92.0 cm³/mol. The first-order chi connectivity index (χ1) is 12.0. The molecule has 0 aromatic heterocycles. The van der Waals surface area contributed by atoms with Crippen molar-refractivity contribution in [2.75, 3.05) is 0 Å². The molecule has 0 radical (unpaired) electrons. The molecule has 0 bridgehead atoms. The third-order valence-corrected chi connectivity index (χ3v) is 3.70. The van der Waals surface area contributed by atoms with Gasteiger partial charge in [-0.15, -0.1) is 0 Å². The molecule has 0 aliphatic rings. The number of nitrogens with one attached hydrogen (secondary N) is 1. The highest BCUT2D eigenvalue weighted by Gasteiger charge is 2.20. The molecule has 1 atom stereocenters. The van der Waals surface area contributed by atoms with Crippen molar-refractivity contribution in [2.24, 2.45) is 0 Å². The lowest BCUT2D eigenvalue weighted by Crippen LogP contribution is -2.42. The van der Waals surface area contributed by atoms with E-state index in [4.69, 9.17) is 5.11 Å². The SMILES string of the molecule is O=C(O)CCC(=O)N[C@@H](Cc1ccc(-c2ccccc2)cc1)C(=O)O. The summed E-state index contributed by atoms with van der Waals surface area (Å²) in [6.45, 7) is 0. The molecular formula is C19H19NO5. The van der Waals surface area contributed by atoms with Gasteiger partial charge in [0.1, 0.15) is 6.04 Å². The zero-order valence-electron chi connectivity index (χ0n) is 13.5. The highest BCUT2D eigenvalue weighted by Crippen LogP contribution is 2.19. The van der Waals surface area contributed by atoms with Gasteiger partial charge in [-0.1, -0.05) is 54.6 Å². The quantitative estimate of drug-likeness (QED) is 0.684. The zero-order valence-corrected chi connectivity index (χ0v) is 13.5. The summed E-state index contributed by atoms with van der Waals surface area (Å²) in [5.74, 6) is -2.84. The van der Waals surface area contributed by atoms with Gasteiger partial charge in [0, 0.05) is 12.8 Å². The molecule has 2 aromatic carbocycles. The van der Waals surface area contributed by atoms with Crippen LogP contribution in [0.5, 0.6) is 0 Å². The summed E-state index contributed by atoms with van der Waals surface area (Å²) in [5.41, 5.74) is 2.85. The van der Waals surface area contributed by atoms with Crippen molar-refractivity contribution >= 4 is 17.8 Å². The Balaban J connectivity index is 2.01. The van der Waals surface area contributed by atoms with Gasteiger partial charge in [-0.3, -0.25) is 9.59 Å². The molecule has 0 saturated heterocycles. The number of hydrogen-bond acceptors (Lipinski definition) is 3. The minimum absolute atomic E-state index is 0.128. The van der Waals surface area contributed by atoms with Crippen LogP contribution in [0.3, 0.4) is 0 Å². The number of rotatable bonds is 8. The van der Waals surface area contributed by atoms with E-state index in [0.29, 0.717) is 0 Å². The Morgan fingerprint density at radius 1 is 0.840 bits per heavy atom. The summed E-state index contributed by atoms with van der Waals surface area (Å²) in [7, 11) is 0. The predicted octanol–water partition coefficient (Wildman–Crippen LogP) is 2.33. The van der Waals surface area contributed by atoms with Gasteiger partial charge >= 0.3 is 11.9 Å². The van der Waals surface area contributed by atoms with E-state index in [0.717, 1.165) is 16.7 Å². The molecule has 0 saturated carbocycles. The van der Waals surface area contributed by atoms with Crippen LogP contribution in [0.1, 0.15) is 18.4 Å². The minimum atomic E-state index is -1.16. The Labute approximate surface area is 145 Å².